The molecule has 9 rings (SSSR count). The quantitative estimate of drug-likeness (QED) is 0.0895. The van der Waals surface area contributed by atoms with E-state index in [2.05, 4.69) is 20.6 Å². The highest BCUT2D eigenvalue weighted by Gasteiger charge is 2.44. The summed E-state index contributed by atoms with van der Waals surface area (Å²) in [5.41, 5.74) is 7.03. The molecule has 19 nitrogen and oxygen atoms in total. The first kappa shape index (κ1) is 47.5. The second kappa shape index (κ2) is 20.2. The largest absolute Gasteiger partial charge is 0.454 e. The smallest absolute Gasteiger partial charge is 0.410 e. The summed E-state index contributed by atoms with van der Waals surface area (Å²) in [5, 5.41) is 5.40. The third kappa shape index (κ3) is 9.69. The van der Waals surface area contributed by atoms with Gasteiger partial charge in [-0.25, -0.2) is 24.4 Å². The molecule has 5 aromatic rings. The van der Waals surface area contributed by atoms with Gasteiger partial charge in [0.2, 0.25) is 18.6 Å². The van der Waals surface area contributed by atoms with Gasteiger partial charge in [-0.1, -0.05) is 82.3 Å². The molecule has 4 aliphatic heterocycles. The number of amides is 5. The van der Waals surface area contributed by atoms with Crippen LogP contribution in [-0.2, 0) is 36.9 Å². The van der Waals surface area contributed by atoms with Crippen LogP contribution in [0.25, 0.3) is 33.6 Å². The number of carbonyl (C=O) groups is 5. The van der Waals surface area contributed by atoms with Gasteiger partial charge in [0.05, 0.1) is 50.8 Å². The van der Waals surface area contributed by atoms with E-state index >= 15 is 0 Å². The molecule has 19 heteroatoms. The number of aromatic nitrogens is 4. The average molecular weight is 958 g/mol. The van der Waals surface area contributed by atoms with E-state index in [1.807, 2.05) is 99.5 Å². The second-order valence-electron chi connectivity index (χ2n) is 18.8. The van der Waals surface area contributed by atoms with E-state index in [1.165, 1.54) is 14.2 Å². The van der Waals surface area contributed by atoms with Gasteiger partial charge in [-0.2, -0.15) is 0 Å². The summed E-state index contributed by atoms with van der Waals surface area (Å²) in [6.45, 7) is 8.92. The van der Waals surface area contributed by atoms with Crippen molar-refractivity contribution < 1.29 is 47.7 Å². The molecule has 4 N–H and O–H groups in total. The van der Waals surface area contributed by atoms with Crippen LogP contribution in [0.2, 0.25) is 0 Å². The van der Waals surface area contributed by atoms with Crippen molar-refractivity contribution in [3.05, 3.63) is 95.8 Å². The number of imidazole rings is 2. The van der Waals surface area contributed by atoms with Gasteiger partial charge in [-0.15, -0.1) is 0 Å². The monoisotopic (exact) mass is 957 g/mol. The minimum Gasteiger partial charge on any atom is -0.454 e. The van der Waals surface area contributed by atoms with Gasteiger partial charge < -0.3 is 54.1 Å². The minimum absolute atomic E-state index is 0.0932. The summed E-state index contributed by atoms with van der Waals surface area (Å²) in [6, 6.07) is 17.5. The van der Waals surface area contributed by atoms with Crippen molar-refractivity contribution in [1.82, 2.24) is 45.3 Å². The molecule has 6 heterocycles. The molecular formula is C51H59N9O10. The van der Waals surface area contributed by atoms with Gasteiger partial charge >= 0.3 is 18.3 Å². The van der Waals surface area contributed by atoms with Gasteiger partial charge in [0.25, 0.3) is 0 Å². The van der Waals surface area contributed by atoms with Crippen LogP contribution < -0.4 is 20.1 Å². The number of piperidine rings is 1. The van der Waals surface area contributed by atoms with Crippen molar-refractivity contribution in [1.29, 1.82) is 0 Å². The number of likely N-dealkylation sites (tertiary alicyclic amines) is 2. The Labute approximate surface area is 405 Å². The number of carbonyl (C=O) groups excluding carboxylic acids is 5. The molecule has 5 atom stereocenters. The van der Waals surface area contributed by atoms with Crippen molar-refractivity contribution in [2.45, 2.75) is 96.7 Å². The maximum Gasteiger partial charge on any atom is 0.410 e. The first-order valence-electron chi connectivity index (χ1n) is 23.8. The zero-order chi connectivity index (χ0) is 49.2. The fraction of sp³-hybridized carbons (Fsp3) is 0.431. The highest BCUT2D eigenvalue weighted by Crippen LogP contribution is 2.42. The van der Waals surface area contributed by atoms with Crippen LogP contribution in [0.5, 0.6) is 11.5 Å². The fourth-order valence-electron chi connectivity index (χ4n) is 9.79. The Morgan fingerprint density at radius 1 is 0.686 bits per heavy atom. The van der Waals surface area contributed by atoms with Crippen molar-refractivity contribution in [2.75, 3.05) is 34.1 Å². The van der Waals surface area contributed by atoms with Crippen LogP contribution in [0.15, 0.2) is 73.1 Å². The molecule has 5 amide bonds. The summed E-state index contributed by atoms with van der Waals surface area (Å²) in [4.78, 5) is 87.8. The first-order chi connectivity index (χ1) is 33.8. The molecule has 368 valence electrons. The van der Waals surface area contributed by atoms with Crippen LogP contribution in [-0.4, -0.2) is 117 Å². The summed E-state index contributed by atoms with van der Waals surface area (Å²) in [6.07, 6.45) is 3.99. The second-order valence-corrected chi connectivity index (χ2v) is 18.8. The van der Waals surface area contributed by atoms with E-state index in [4.69, 9.17) is 33.7 Å². The third-order valence-electron chi connectivity index (χ3n) is 13.6. The van der Waals surface area contributed by atoms with Crippen molar-refractivity contribution in [2.24, 2.45) is 11.8 Å². The van der Waals surface area contributed by atoms with E-state index < -0.39 is 42.5 Å². The predicted octanol–water partition coefficient (Wildman–Crippen LogP) is 7.47. The number of hydrogen-bond acceptors (Lipinski definition) is 12. The third-order valence-corrected chi connectivity index (χ3v) is 13.6. The standard InChI is InChI=1S/C51H59N9O10/c1-28(2)42(56-49(63)66-5)47(61)59-20-8-7-9-39(59)45-52-22-37(54-45)32-14-10-30(11-15-32)31-12-16-33(17-13-31)38-23-53-46(55-38)40-21-35(25-60(40)48(62)43(29(3)4)57-50(64)67-6)70-51(65)58-24-34-18-19-41-44(36(34)26-58)69-27-68-41/h10-19,22-23,28-29,35,39-40,42-43H,7-9,20-21,24-27H2,1-6H3,(H,52,54)(H,53,55)(H,56,63)(H,57,64)/t35-,39-,40-,42?,43-/m0/s1. The Morgan fingerprint density at radius 3 is 1.81 bits per heavy atom. The summed E-state index contributed by atoms with van der Waals surface area (Å²) in [5.74, 6) is 1.61. The molecule has 0 aliphatic carbocycles. The van der Waals surface area contributed by atoms with Gasteiger partial charge in [0.15, 0.2) is 11.5 Å². The SMILES string of the molecule is COC(=O)NC(C(=O)N1CCCC[C@H]1c1nc(-c2ccc(-c3ccc(-c4c[nH]c([C@@H]5C[C@H](OC(=O)N6Cc7ccc8c(c7C6)OCO8)CN5C(=O)[C@@H](NC(=O)OC)C(C)C)n4)cc3)cc2)c[nH]1)C(C)C. The molecule has 2 saturated heterocycles. The summed E-state index contributed by atoms with van der Waals surface area (Å²) >= 11 is 0. The molecule has 0 bridgehead atoms. The highest BCUT2D eigenvalue weighted by molar-refractivity contribution is 5.87. The minimum atomic E-state index is -0.902. The number of nitrogens with one attached hydrogen (secondary N) is 4. The normalized spacial score (nSPS) is 19.2. The van der Waals surface area contributed by atoms with Crippen LogP contribution in [0.4, 0.5) is 14.4 Å². The lowest BCUT2D eigenvalue weighted by Crippen LogP contribution is -2.53. The van der Waals surface area contributed by atoms with E-state index in [0.29, 0.717) is 48.5 Å². The molecule has 70 heavy (non-hydrogen) atoms. The predicted molar refractivity (Wildman–Crippen MR) is 255 cm³/mol. The number of ether oxygens (including phenoxy) is 5. The van der Waals surface area contributed by atoms with Gasteiger partial charge in [0.1, 0.15) is 29.8 Å². The van der Waals surface area contributed by atoms with Crippen molar-refractivity contribution in [3.63, 3.8) is 0 Å². The fourth-order valence-corrected chi connectivity index (χ4v) is 9.79. The molecular weight excluding hydrogens is 899 g/mol. The Bertz CT molecular complexity index is 2740. The number of benzene rings is 3. The number of alkyl carbamates (subject to hydrolysis) is 2. The molecule has 0 spiro atoms. The molecule has 4 aliphatic rings. The van der Waals surface area contributed by atoms with Crippen LogP contribution in [0, 0.1) is 11.8 Å². The van der Waals surface area contributed by atoms with Gasteiger partial charge in [-0.3, -0.25) is 14.5 Å². The zero-order valence-corrected chi connectivity index (χ0v) is 40.2. The Morgan fingerprint density at radius 2 is 1.24 bits per heavy atom. The van der Waals surface area contributed by atoms with Crippen molar-refractivity contribution >= 4 is 30.1 Å². The number of fused-ring (bicyclic) bond motifs is 3. The number of nitrogens with zero attached hydrogens (tertiary/aromatic N) is 5. The zero-order valence-electron chi connectivity index (χ0n) is 40.2. The molecule has 0 saturated carbocycles. The van der Waals surface area contributed by atoms with Crippen LogP contribution in [0.3, 0.4) is 0 Å². The van der Waals surface area contributed by atoms with Gasteiger partial charge in [0, 0.05) is 48.6 Å². The van der Waals surface area contributed by atoms with E-state index in [1.54, 1.807) is 16.0 Å². The van der Waals surface area contributed by atoms with Crippen LogP contribution >= 0.6 is 0 Å². The topological polar surface area (TPSA) is 223 Å². The number of methoxy groups -OCH3 is 2. The molecule has 2 aromatic heterocycles. The lowest BCUT2D eigenvalue weighted by molar-refractivity contribution is -0.138. The highest BCUT2D eigenvalue weighted by atomic mass is 16.7. The first-order valence-corrected chi connectivity index (χ1v) is 23.8. The van der Waals surface area contributed by atoms with E-state index in [-0.39, 0.29) is 49.5 Å². The molecule has 0 radical (unpaired) electrons. The lowest BCUT2D eigenvalue weighted by Gasteiger charge is -2.37. The number of H-pyrrole nitrogens is 2. The Kier molecular flexibility index (Phi) is 13.7. The Hall–Kier alpha value is -7.57. The molecule has 2 fully saturated rings. The van der Waals surface area contributed by atoms with E-state index in [0.717, 1.165) is 58.3 Å². The Balaban J connectivity index is 0.878. The van der Waals surface area contributed by atoms with E-state index in [9.17, 15) is 24.0 Å². The summed E-state index contributed by atoms with van der Waals surface area (Å²) < 4.78 is 27.0. The van der Waals surface area contributed by atoms with Crippen LogP contribution in [0.1, 0.15) is 88.2 Å². The van der Waals surface area contributed by atoms with Gasteiger partial charge in [-0.05, 0) is 53.9 Å². The number of rotatable bonds is 12. The number of aromatic amines is 2. The average Bonchev–Trinajstić information content (AvgIpc) is 4.24. The van der Waals surface area contributed by atoms with Crippen molar-refractivity contribution in [3.8, 4) is 45.1 Å². The maximum atomic E-state index is 14.3. The lowest BCUT2D eigenvalue weighted by atomic mass is 9.97. The number of hydrogen-bond donors (Lipinski definition) is 4. The maximum absolute atomic E-state index is 14.3. The molecule has 3 aromatic carbocycles. The summed E-state index contributed by atoms with van der Waals surface area (Å²) in [7, 11) is 2.53. The molecule has 1 unspecified atom stereocenters.